The Balaban J connectivity index is 1.63. The van der Waals surface area contributed by atoms with Crippen molar-refractivity contribution in [3.05, 3.63) is 41.7 Å². The number of hydrogen-bond acceptors (Lipinski definition) is 3. The molecule has 0 aliphatic heterocycles. The number of imidazole rings is 1. The van der Waals surface area contributed by atoms with Gasteiger partial charge in [0.2, 0.25) is 5.91 Å². The maximum Gasteiger partial charge on any atom is 0.230 e. The maximum absolute atomic E-state index is 11.8. The van der Waals surface area contributed by atoms with E-state index in [-0.39, 0.29) is 5.91 Å². The van der Waals surface area contributed by atoms with Crippen LogP contribution in [0.15, 0.2) is 35.7 Å². The van der Waals surface area contributed by atoms with Gasteiger partial charge >= 0.3 is 0 Å². The highest BCUT2D eigenvalue weighted by Gasteiger charge is 2.21. The van der Waals surface area contributed by atoms with Gasteiger partial charge in [0, 0.05) is 24.6 Å². The van der Waals surface area contributed by atoms with Gasteiger partial charge in [-0.3, -0.25) is 9.36 Å². The standard InChI is InChI=1S/C17H21N3OS/c1-12-3-6-15(9-13(12)2)20-8-7-18-17(20)22-11-16(21)19-10-14-4-5-14/h3,6-9,14H,4-5,10-11H2,1-2H3,(H,19,21). The first-order valence-corrected chi connectivity index (χ1v) is 8.62. The summed E-state index contributed by atoms with van der Waals surface area (Å²) in [5, 5.41) is 3.84. The lowest BCUT2D eigenvalue weighted by Crippen LogP contribution is -2.27. The van der Waals surface area contributed by atoms with Crippen LogP contribution in [-0.2, 0) is 4.79 Å². The molecule has 2 aromatic rings. The largest absolute Gasteiger partial charge is 0.355 e. The molecular weight excluding hydrogens is 294 g/mol. The Morgan fingerprint density at radius 3 is 2.91 bits per heavy atom. The molecule has 1 aliphatic rings. The number of carbonyl (C=O) groups is 1. The summed E-state index contributed by atoms with van der Waals surface area (Å²) in [6, 6.07) is 6.34. The number of aryl methyl sites for hydroxylation is 2. The van der Waals surface area contributed by atoms with Gasteiger partial charge in [-0.15, -0.1) is 0 Å². The van der Waals surface area contributed by atoms with Crippen molar-refractivity contribution in [1.29, 1.82) is 0 Å². The molecule has 0 saturated heterocycles. The van der Waals surface area contributed by atoms with Crippen LogP contribution in [0.2, 0.25) is 0 Å². The van der Waals surface area contributed by atoms with Crippen molar-refractivity contribution in [2.45, 2.75) is 31.8 Å². The van der Waals surface area contributed by atoms with Gasteiger partial charge in [-0.2, -0.15) is 0 Å². The van der Waals surface area contributed by atoms with Crippen LogP contribution in [-0.4, -0.2) is 27.8 Å². The molecule has 4 nitrogen and oxygen atoms in total. The molecule has 1 heterocycles. The first kappa shape index (κ1) is 15.2. The average molecular weight is 315 g/mol. The number of benzene rings is 1. The zero-order valence-electron chi connectivity index (χ0n) is 13.0. The predicted molar refractivity (Wildman–Crippen MR) is 89.5 cm³/mol. The van der Waals surface area contributed by atoms with Gasteiger partial charge in [-0.25, -0.2) is 4.98 Å². The van der Waals surface area contributed by atoms with Crippen molar-refractivity contribution in [3.8, 4) is 5.69 Å². The fourth-order valence-electron chi connectivity index (χ4n) is 2.23. The smallest absolute Gasteiger partial charge is 0.230 e. The minimum absolute atomic E-state index is 0.0894. The third-order valence-electron chi connectivity index (χ3n) is 3.99. The summed E-state index contributed by atoms with van der Waals surface area (Å²) < 4.78 is 2.03. The van der Waals surface area contributed by atoms with E-state index in [4.69, 9.17) is 0 Å². The molecule has 0 spiro atoms. The molecule has 0 unspecified atom stereocenters. The summed E-state index contributed by atoms with van der Waals surface area (Å²) in [4.78, 5) is 16.2. The Hall–Kier alpha value is -1.75. The summed E-state index contributed by atoms with van der Waals surface area (Å²) >= 11 is 1.48. The topological polar surface area (TPSA) is 46.9 Å². The predicted octanol–water partition coefficient (Wildman–Crippen LogP) is 3.11. The first-order valence-electron chi connectivity index (χ1n) is 7.64. The van der Waals surface area contributed by atoms with Crippen LogP contribution in [0.3, 0.4) is 0 Å². The van der Waals surface area contributed by atoms with Crippen LogP contribution in [0.5, 0.6) is 0 Å². The van der Waals surface area contributed by atoms with Crippen molar-refractivity contribution in [1.82, 2.24) is 14.9 Å². The van der Waals surface area contributed by atoms with E-state index < -0.39 is 0 Å². The molecule has 3 rings (SSSR count). The van der Waals surface area contributed by atoms with Gasteiger partial charge in [0.25, 0.3) is 0 Å². The fraction of sp³-hybridized carbons (Fsp3) is 0.412. The lowest BCUT2D eigenvalue weighted by atomic mass is 10.1. The number of nitrogens with zero attached hydrogens (tertiary/aromatic N) is 2. The minimum Gasteiger partial charge on any atom is -0.355 e. The number of thioether (sulfide) groups is 1. The number of carbonyl (C=O) groups excluding carboxylic acids is 1. The molecule has 116 valence electrons. The van der Waals surface area contributed by atoms with Gasteiger partial charge in [-0.05, 0) is 55.9 Å². The fourth-order valence-corrected chi connectivity index (χ4v) is 3.03. The van der Waals surface area contributed by atoms with Crippen LogP contribution >= 0.6 is 11.8 Å². The lowest BCUT2D eigenvalue weighted by molar-refractivity contribution is -0.118. The van der Waals surface area contributed by atoms with E-state index in [1.807, 2.05) is 10.8 Å². The third-order valence-corrected chi connectivity index (χ3v) is 4.96. The Labute approximate surface area is 135 Å². The Morgan fingerprint density at radius 1 is 1.36 bits per heavy atom. The van der Waals surface area contributed by atoms with Gasteiger partial charge in [0.05, 0.1) is 5.75 Å². The monoisotopic (exact) mass is 315 g/mol. The molecule has 1 amide bonds. The maximum atomic E-state index is 11.8. The second kappa shape index (κ2) is 6.57. The van der Waals surface area contributed by atoms with E-state index in [0.29, 0.717) is 11.7 Å². The van der Waals surface area contributed by atoms with E-state index in [9.17, 15) is 4.79 Å². The highest BCUT2D eigenvalue weighted by Crippen LogP contribution is 2.27. The Morgan fingerprint density at radius 2 is 2.18 bits per heavy atom. The summed E-state index contributed by atoms with van der Waals surface area (Å²) in [5.74, 6) is 1.21. The van der Waals surface area contributed by atoms with Crippen LogP contribution in [0.1, 0.15) is 24.0 Å². The van der Waals surface area contributed by atoms with Gasteiger partial charge in [0.1, 0.15) is 0 Å². The van der Waals surface area contributed by atoms with E-state index >= 15 is 0 Å². The number of amides is 1. The van der Waals surface area contributed by atoms with Crippen LogP contribution in [0, 0.1) is 19.8 Å². The number of aromatic nitrogens is 2. The highest BCUT2D eigenvalue weighted by atomic mass is 32.2. The van der Waals surface area contributed by atoms with Crippen LogP contribution in [0.25, 0.3) is 5.69 Å². The van der Waals surface area contributed by atoms with Crippen molar-refractivity contribution in [2.75, 3.05) is 12.3 Å². The number of hydrogen-bond donors (Lipinski definition) is 1. The molecule has 0 atom stereocenters. The number of nitrogens with one attached hydrogen (secondary N) is 1. The molecule has 1 N–H and O–H groups in total. The van der Waals surface area contributed by atoms with E-state index in [0.717, 1.165) is 17.4 Å². The zero-order valence-corrected chi connectivity index (χ0v) is 13.8. The SMILES string of the molecule is Cc1ccc(-n2ccnc2SCC(=O)NCC2CC2)cc1C. The molecule has 1 aromatic carbocycles. The van der Waals surface area contributed by atoms with Gasteiger partial charge in [-0.1, -0.05) is 17.8 Å². The molecule has 22 heavy (non-hydrogen) atoms. The van der Waals surface area contributed by atoms with E-state index in [2.05, 4.69) is 42.3 Å². The molecule has 0 bridgehead atoms. The summed E-state index contributed by atoms with van der Waals surface area (Å²) in [7, 11) is 0. The lowest BCUT2D eigenvalue weighted by Gasteiger charge is -2.10. The molecule has 5 heteroatoms. The van der Waals surface area contributed by atoms with Crippen molar-refractivity contribution >= 4 is 17.7 Å². The van der Waals surface area contributed by atoms with Gasteiger partial charge < -0.3 is 5.32 Å². The first-order chi connectivity index (χ1) is 10.6. The molecule has 1 aromatic heterocycles. The normalized spacial score (nSPS) is 14.1. The Bertz CT molecular complexity index is 676. The molecule has 1 aliphatic carbocycles. The second-order valence-electron chi connectivity index (χ2n) is 5.88. The summed E-state index contributed by atoms with van der Waals surface area (Å²) in [6.45, 7) is 5.03. The van der Waals surface area contributed by atoms with Gasteiger partial charge in [0.15, 0.2) is 5.16 Å². The summed E-state index contributed by atoms with van der Waals surface area (Å²) in [5.41, 5.74) is 3.61. The molecule has 1 fully saturated rings. The van der Waals surface area contributed by atoms with Crippen LogP contribution in [0.4, 0.5) is 0 Å². The highest BCUT2D eigenvalue weighted by molar-refractivity contribution is 7.99. The second-order valence-corrected chi connectivity index (χ2v) is 6.83. The zero-order chi connectivity index (χ0) is 15.5. The van der Waals surface area contributed by atoms with E-state index in [1.54, 1.807) is 6.20 Å². The van der Waals surface area contributed by atoms with Crippen molar-refractivity contribution in [2.24, 2.45) is 5.92 Å². The summed E-state index contributed by atoms with van der Waals surface area (Å²) in [6.07, 6.45) is 6.23. The Kier molecular flexibility index (Phi) is 4.52. The van der Waals surface area contributed by atoms with Crippen molar-refractivity contribution in [3.63, 3.8) is 0 Å². The average Bonchev–Trinajstić information content (AvgIpc) is 3.22. The minimum atomic E-state index is 0.0894. The van der Waals surface area contributed by atoms with Crippen molar-refractivity contribution < 1.29 is 4.79 Å². The third kappa shape index (κ3) is 3.71. The quantitative estimate of drug-likeness (QED) is 0.833. The molecule has 0 radical (unpaired) electrons. The molecule has 1 saturated carbocycles. The number of rotatable bonds is 6. The van der Waals surface area contributed by atoms with Crippen LogP contribution < -0.4 is 5.32 Å². The van der Waals surface area contributed by atoms with E-state index in [1.165, 1.54) is 35.7 Å². The molecular formula is C17H21N3OS.